The molecule has 23 heavy (non-hydrogen) atoms. The van der Waals surface area contributed by atoms with Gasteiger partial charge in [0.25, 0.3) is 0 Å². The van der Waals surface area contributed by atoms with Gasteiger partial charge >= 0.3 is 0 Å². The van der Waals surface area contributed by atoms with Crippen LogP contribution in [-0.2, 0) is 11.4 Å². The highest BCUT2D eigenvalue weighted by Crippen LogP contribution is 2.33. The third-order valence-corrected chi connectivity index (χ3v) is 4.19. The lowest BCUT2D eigenvalue weighted by atomic mass is 10.2. The Balaban J connectivity index is 1.80. The number of hydrogen-bond acceptors (Lipinski definition) is 2. The molecular formula is C17H17Cl2N3O. The van der Waals surface area contributed by atoms with E-state index in [4.69, 9.17) is 28.0 Å². The first kappa shape index (κ1) is 16.1. The molecular weight excluding hydrogens is 333 g/mol. The van der Waals surface area contributed by atoms with Gasteiger partial charge in [0, 0.05) is 13.6 Å². The summed E-state index contributed by atoms with van der Waals surface area (Å²) in [5.41, 5.74) is 1.67. The summed E-state index contributed by atoms with van der Waals surface area (Å²) in [6, 6.07) is 15.4. The van der Waals surface area contributed by atoms with E-state index in [2.05, 4.69) is 4.99 Å². The molecule has 1 aliphatic heterocycles. The number of guanidine groups is 1. The highest BCUT2D eigenvalue weighted by atomic mass is 35.5. The molecule has 0 spiro atoms. The van der Waals surface area contributed by atoms with Crippen molar-refractivity contribution in [3.63, 3.8) is 0 Å². The molecule has 0 N–H and O–H groups in total. The predicted molar refractivity (Wildman–Crippen MR) is 94.1 cm³/mol. The standard InChI is InChI=1S/C17H17Cl2N3O/c1-21-10-11-22(23-12-13-6-3-2-4-7-13)17(21)20-16-14(18)8-5-9-15(16)19/h2-9H,10-12H2,1H3. The van der Waals surface area contributed by atoms with Crippen LogP contribution in [0.3, 0.4) is 0 Å². The summed E-state index contributed by atoms with van der Waals surface area (Å²) >= 11 is 12.4. The molecule has 0 atom stereocenters. The molecule has 0 saturated carbocycles. The highest BCUT2D eigenvalue weighted by Gasteiger charge is 2.25. The summed E-state index contributed by atoms with van der Waals surface area (Å²) in [6.45, 7) is 2.06. The SMILES string of the molecule is CN1CCN(OCc2ccccc2)C1=Nc1c(Cl)cccc1Cl. The van der Waals surface area contributed by atoms with Crippen LogP contribution < -0.4 is 0 Å². The summed E-state index contributed by atoms with van der Waals surface area (Å²) < 4.78 is 0. The zero-order chi connectivity index (χ0) is 16.2. The van der Waals surface area contributed by atoms with Crippen molar-refractivity contribution in [1.29, 1.82) is 0 Å². The topological polar surface area (TPSA) is 28.1 Å². The van der Waals surface area contributed by atoms with Crippen molar-refractivity contribution in [3.05, 3.63) is 64.1 Å². The van der Waals surface area contributed by atoms with Crippen molar-refractivity contribution in [2.24, 2.45) is 4.99 Å². The number of halogens is 2. The minimum atomic E-state index is 0.490. The van der Waals surface area contributed by atoms with E-state index in [0.29, 0.717) is 28.3 Å². The number of rotatable bonds is 4. The Labute approximate surface area is 145 Å². The second-order valence-corrected chi connectivity index (χ2v) is 6.08. The first-order valence-corrected chi connectivity index (χ1v) is 8.09. The van der Waals surface area contributed by atoms with Gasteiger partial charge in [-0.1, -0.05) is 59.6 Å². The number of hydroxylamine groups is 2. The quantitative estimate of drug-likeness (QED) is 0.820. The van der Waals surface area contributed by atoms with Crippen LogP contribution in [0.2, 0.25) is 10.0 Å². The third-order valence-electron chi connectivity index (χ3n) is 3.58. The Morgan fingerprint density at radius 2 is 1.70 bits per heavy atom. The average molecular weight is 350 g/mol. The second-order valence-electron chi connectivity index (χ2n) is 5.26. The smallest absolute Gasteiger partial charge is 0.226 e. The van der Waals surface area contributed by atoms with Crippen LogP contribution in [0.1, 0.15) is 5.56 Å². The van der Waals surface area contributed by atoms with Gasteiger partial charge in [-0.3, -0.25) is 4.84 Å². The van der Waals surface area contributed by atoms with Gasteiger partial charge in [0.05, 0.1) is 16.6 Å². The minimum Gasteiger partial charge on any atom is -0.342 e. The molecule has 1 aliphatic rings. The molecule has 6 heteroatoms. The molecule has 1 fully saturated rings. The van der Waals surface area contributed by atoms with Gasteiger partial charge in [0.15, 0.2) is 0 Å². The molecule has 3 rings (SSSR count). The summed E-state index contributed by atoms with van der Waals surface area (Å²) in [6.07, 6.45) is 0. The fraction of sp³-hybridized carbons (Fsp3) is 0.235. The molecule has 120 valence electrons. The van der Waals surface area contributed by atoms with E-state index in [0.717, 1.165) is 18.7 Å². The lowest BCUT2D eigenvalue weighted by molar-refractivity contribution is -0.102. The minimum absolute atomic E-state index is 0.490. The molecule has 0 unspecified atom stereocenters. The molecule has 4 nitrogen and oxygen atoms in total. The Morgan fingerprint density at radius 1 is 1.00 bits per heavy atom. The molecule has 0 aromatic heterocycles. The first-order valence-electron chi connectivity index (χ1n) is 7.33. The van der Waals surface area contributed by atoms with Gasteiger partial charge in [-0.2, -0.15) is 0 Å². The third kappa shape index (κ3) is 3.78. The van der Waals surface area contributed by atoms with Crippen LogP contribution in [0.15, 0.2) is 53.5 Å². The van der Waals surface area contributed by atoms with Gasteiger partial charge in [-0.15, -0.1) is 0 Å². The fourth-order valence-electron chi connectivity index (χ4n) is 2.32. The highest BCUT2D eigenvalue weighted by molar-refractivity contribution is 6.38. The van der Waals surface area contributed by atoms with Gasteiger partial charge in [0.2, 0.25) is 5.96 Å². The number of benzene rings is 2. The molecule has 2 aromatic rings. The van der Waals surface area contributed by atoms with E-state index in [9.17, 15) is 0 Å². The second kappa shape index (κ2) is 7.21. The van der Waals surface area contributed by atoms with E-state index < -0.39 is 0 Å². The number of nitrogens with zero attached hydrogens (tertiary/aromatic N) is 3. The number of likely N-dealkylation sites (N-methyl/N-ethyl adjacent to an activating group) is 1. The summed E-state index contributed by atoms with van der Waals surface area (Å²) in [7, 11) is 1.97. The number of para-hydroxylation sites is 1. The van der Waals surface area contributed by atoms with Crippen molar-refractivity contribution in [2.75, 3.05) is 20.1 Å². The van der Waals surface area contributed by atoms with Crippen molar-refractivity contribution in [2.45, 2.75) is 6.61 Å². The largest absolute Gasteiger partial charge is 0.342 e. The predicted octanol–water partition coefficient (Wildman–Crippen LogP) is 4.36. The zero-order valence-corrected chi connectivity index (χ0v) is 14.3. The lowest BCUT2D eigenvalue weighted by Crippen LogP contribution is -2.31. The molecule has 1 saturated heterocycles. The maximum Gasteiger partial charge on any atom is 0.226 e. The summed E-state index contributed by atoms with van der Waals surface area (Å²) in [4.78, 5) is 12.5. The van der Waals surface area contributed by atoms with E-state index in [1.807, 2.05) is 42.3 Å². The maximum atomic E-state index is 6.21. The lowest BCUT2D eigenvalue weighted by Gasteiger charge is -2.20. The monoisotopic (exact) mass is 349 g/mol. The van der Waals surface area contributed by atoms with Gasteiger partial charge in [0.1, 0.15) is 12.3 Å². The van der Waals surface area contributed by atoms with Crippen molar-refractivity contribution >= 4 is 34.8 Å². The maximum absolute atomic E-state index is 6.21. The Kier molecular flexibility index (Phi) is 5.06. The Hall–Kier alpha value is -1.75. The molecule has 0 bridgehead atoms. The van der Waals surface area contributed by atoms with E-state index in [1.54, 1.807) is 23.3 Å². The number of hydrogen-bond donors (Lipinski definition) is 0. The summed E-state index contributed by atoms with van der Waals surface area (Å²) in [5, 5.41) is 2.83. The molecule has 0 radical (unpaired) electrons. The van der Waals surface area contributed by atoms with Gasteiger partial charge < -0.3 is 4.90 Å². The normalized spacial score (nSPS) is 16.4. The Morgan fingerprint density at radius 3 is 2.39 bits per heavy atom. The first-order chi connectivity index (χ1) is 11.1. The van der Waals surface area contributed by atoms with Crippen molar-refractivity contribution in [1.82, 2.24) is 9.96 Å². The van der Waals surface area contributed by atoms with Crippen LogP contribution in [-0.4, -0.2) is 36.1 Å². The van der Waals surface area contributed by atoms with E-state index >= 15 is 0 Å². The van der Waals surface area contributed by atoms with Crippen LogP contribution in [0.5, 0.6) is 0 Å². The van der Waals surface area contributed by atoms with Crippen LogP contribution in [0.25, 0.3) is 0 Å². The number of aliphatic imine (C=N–C) groups is 1. The van der Waals surface area contributed by atoms with E-state index in [1.165, 1.54) is 0 Å². The van der Waals surface area contributed by atoms with Crippen molar-refractivity contribution in [3.8, 4) is 0 Å². The molecule has 1 heterocycles. The molecule has 0 amide bonds. The average Bonchev–Trinajstić information content (AvgIpc) is 2.90. The van der Waals surface area contributed by atoms with E-state index in [-0.39, 0.29) is 0 Å². The van der Waals surface area contributed by atoms with Crippen LogP contribution >= 0.6 is 23.2 Å². The van der Waals surface area contributed by atoms with Crippen LogP contribution in [0.4, 0.5) is 5.69 Å². The summed E-state index contributed by atoms with van der Waals surface area (Å²) in [5.74, 6) is 0.705. The Bertz CT molecular complexity index is 686. The van der Waals surface area contributed by atoms with Gasteiger partial charge in [-0.05, 0) is 17.7 Å². The van der Waals surface area contributed by atoms with Gasteiger partial charge in [-0.25, -0.2) is 10.1 Å². The van der Waals surface area contributed by atoms with Crippen LogP contribution in [0, 0.1) is 0 Å². The van der Waals surface area contributed by atoms with Crippen molar-refractivity contribution < 1.29 is 4.84 Å². The molecule has 0 aliphatic carbocycles. The molecule has 2 aromatic carbocycles. The fourth-order valence-corrected chi connectivity index (χ4v) is 2.80. The zero-order valence-electron chi connectivity index (χ0n) is 12.7.